The van der Waals surface area contributed by atoms with E-state index in [1.165, 1.54) is 4.90 Å². The van der Waals surface area contributed by atoms with Gasteiger partial charge in [0, 0.05) is 12.8 Å². The molecule has 7 nitrogen and oxygen atoms in total. The quantitative estimate of drug-likeness (QED) is 0.806. The molecular weight excluding hydrogens is 322 g/mol. The Morgan fingerprint density at radius 2 is 2.00 bits per heavy atom. The highest BCUT2D eigenvalue weighted by atomic mass is 32.2. The number of sulfone groups is 1. The Kier molecular flexibility index (Phi) is 5.38. The van der Waals surface area contributed by atoms with Gasteiger partial charge in [0.15, 0.2) is 15.9 Å². The van der Waals surface area contributed by atoms with Crippen LogP contribution in [0.1, 0.15) is 5.56 Å². The monoisotopic (exact) mass is 341 g/mol. The first kappa shape index (κ1) is 17.4. The number of nitrogens with zero attached hydrogens (tertiary/aromatic N) is 1. The topological polar surface area (TPSA) is 101 Å². The van der Waals surface area contributed by atoms with Gasteiger partial charge in [0.25, 0.3) is 0 Å². The van der Waals surface area contributed by atoms with Crippen molar-refractivity contribution in [2.24, 2.45) is 0 Å². The molecule has 0 radical (unpaired) electrons. The number of hydrogen-bond donors (Lipinski definition) is 1. The molecule has 1 amide bonds. The van der Waals surface area contributed by atoms with Crippen LogP contribution in [-0.4, -0.2) is 67.6 Å². The normalized spacial score (nSPS) is 20.0. The molecule has 126 valence electrons. The molecule has 1 saturated heterocycles. The van der Waals surface area contributed by atoms with E-state index in [0.717, 1.165) is 11.8 Å². The maximum absolute atomic E-state index is 12.6. The third-order valence-electron chi connectivity index (χ3n) is 3.71. The third-order valence-corrected chi connectivity index (χ3v) is 5.11. The maximum Gasteiger partial charge on any atom is 0.334 e. The summed E-state index contributed by atoms with van der Waals surface area (Å²) in [5, 5.41) is 7.77. The largest absolute Gasteiger partial charge is 0.479 e. The van der Waals surface area contributed by atoms with Gasteiger partial charge in [-0.25, -0.2) is 13.2 Å². The molecule has 1 N–H and O–H groups in total. The van der Waals surface area contributed by atoms with E-state index >= 15 is 0 Å². The number of benzene rings is 1. The Morgan fingerprint density at radius 1 is 1.35 bits per heavy atom. The molecule has 0 aromatic heterocycles. The van der Waals surface area contributed by atoms with Crippen molar-refractivity contribution >= 4 is 21.7 Å². The highest BCUT2D eigenvalue weighted by molar-refractivity contribution is 7.92. The van der Waals surface area contributed by atoms with Crippen molar-refractivity contribution in [2.45, 2.75) is 17.8 Å². The van der Waals surface area contributed by atoms with Gasteiger partial charge in [-0.1, -0.05) is 30.3 Å². The van der Waals surface area contributed by atoms with E-state index in [2.05, 4.69) is 0 Å². The number of hydrogen-bond acceptors (Lipinski definition) is 5. The van der Waals surface area contributed by atoms with Gasteiger partial charge in [-0.2, -0.15) is 0 Å². The smallest absolute Gasteiger partial charge is 0.334 e. The molecule has 0 unspecified atom stereocenters. The number of carboxylic acid groups (broad SMARTS) is 1. The maximum atomic E-state index is 12.6. The summed E-state index contributed by atoms with van der Waals surface area (Å²) >= 11 is 0. The average molecular weight is 341 g/mol. The van der Waals surface area contributed by atoms with E-state index in [4.69, 9.17) is 9.84 Å². The van der Waals surface area contributed by atoms with Gasteiger partial charge in [0.05, 0.1) is 13.2 Å². The lowest BCUT2D eigenvalue weighted by Crippen LogP contribution is -2.53. The highest BCUT2D eigenvalue weighted by Gasteiger charge is 2.36. The summed E-state index contributed by atoms with van der Waals surface area (Å²) in [6.07, 6.45) is -0.0362. The Balaban J connectivity index is 2.19. The molecule has 2 atom stereocenters. The molecular formula is C15H19NO6S. The van der Waals surface area contributed by atoms with E-state index in [0.29, 0.717) is 0 Å². The van der Waals surface area contributed by atoms with Gasteiger partial charge in [0.1, 0.15) is 5.25 Å². The second-order valence-corrected chi connectivity index (χ2v) is 7.72. The third kappa shape index (κ3) is 4.52. The number of morpholine rings is 1. The van der Waals surface area contributed by atoms with Crippen molar-refractivity contribution < 1.29 is 27.9 Å². The molecule has 1 heterocycles. The second kappa shape index (κ2) is 7.10. The molecule has 1 aromatic rings. The Labute approximate surface area is 134 Å². The fourth-order valence-corrected chi connectivity index (χ4v) is 3.46. The van der Waals surface area contributed by atoms with E-state index in [1.807, 2.05) is 0 Å². The van der Waals surface area contributed by atoms with Crippen molar-refractivity contribution in [1.29, 1.82) is 0 Å². The Bertz CT molecular complexity index is 672. The first-order valence-corrected chi connectivity index (χ1v) is 9.10. The molecule has 2 rings (SSSR count). The minimum Gasteiger partial charge on any atom is -0.479 e. The summed E-state index contributed by atoms with van der Waals surface area (Å²) in [5.41, 5.74) is 0.735. The Hall–Kier alpha value is -1.93. The SMILES string of the molecule is CS(=O)(=O)[C@H](Cc1ccccc1)C(=O)N1CCO[C@H](C(=O)O)C1. The fourth-order valence-electron chi connectivity index (χ4n) is 2.45. The van der Waals surface area contributed by atoms with Crippen LogP contribution in [0, 0.1) is 0 Å². The molecule has 0 spiro atoms. The van der Waals surface area contributed by atoms with Gasteiger partial charge < -0.3 is 14.7 Å². The fraction of sp³-hybridized carbons (Fsp3) is 0.467. The Morgan fingerprint density at radius 3 is 2.57 bits per heavy atom. The van der Waals surface area contributed by atoms with E-state index < -0.39 is 33.1 Å². The number of carbonyl (C=O) groups excluding carboxylic acids is 1. The summed E-state index contributed by atoms with van der Waals surface area (Å²) < 4.78 is 29.1. The number of ether oxygens (including phenoxy) is 1. The number of amides is 1. The molecule has 1 aromatic carbocycles. The van der Waals surface area contributed by atoms with Crippen molar-refractivity contribution in [1.82, 2.24) is 4.90 Å². The minimum atomic E-state index is -3.63. The summed E-state index contributed by atoms with van der Waals surface area (Å²) in [4.78, 5) is 24.9. The van der Waals surface area contributed by atoms with E-state index in [-0.39, 0.29) is 26.1 Å². The van der Waals surface area contributed by atoms with Crippen LogP contribution in [-0.2, 0) is 30.6 Å². The molecule has 1 aliphatic rings. The number of carboxylic acids is 1. The lowest BCUT2D eigenvalue weighted by atomic mass is 10.1. The summed E-state index contributed by atoms with van der Waals surface area (Å²) in [6, 6.07) is 8.86. The lowest BCUT2D eigenvalue weighted by Gasteiger charge is -2.33. The molecule has 8 heteroatoms. The predicted molar refractivity (Wildman–Crippen MR) is 82.7 cm³/mol. The van der Waals surface area contributed by atoms with Crippen LogP contribution in [0.4, 0.5) is 0 Å². The predicted octanol–water partition coefficient (Wildman–Crippen LogP) is -0.0457. The zero-order valence-corrected chi connectivity index (χ0v) is 13.5. The van der Waals surface area contributed by atoms with Gasteiger partial charge in [0.2, 0.25) is 5.91 Å². The van der Waals surface area contributed by atoms with Gasteiger partial charge in [-0.05, 0) is 12.0 Å². The highest BCUT2D eigenvalue weighted by Crippen LogP contribution is 2.15. The van der Waals surface area contributed by atoms with Crippen molar-refractivity contribution in [2.75, 3.05) is 26.0 Å². The zero-order valence-electron chi connectivity index (χ0n) is 12.7. The first-order valence-electron chi connectivity index (χ1n) is 7.15. The van der Waals surface area contributed by atoms with Crippen molar-refractivity contribution in [3.05, 3.63) is 35.9 Å². The molecule has 23 heavy (non-hydrogen) atoms. The van der Waals surface area contributed by atoms with Gasteiger partial charge in [-0.15, -0.1) is 0 Å². The van der Waals surface area contributed by atoms with Crippen LogP contribution in [0.3, 0.4) is 0 Å². The minimum absolute atomic E-state index is 0.0631. The van der Waals surface area contributed by atoms with Crippen LogP contribution in [0.2, 0.25) is 0 Å². The molecule has 0 saturated carbocycles. The van der Waals surface area contributed by atoms with Crippen LogP contribution in [0.5, 0.6) is 0 Å². The summed E-state index contributed by atoms with van der Waals surface area (Å²) in [7, 11) is -3.63. The summed E-state index contributed by atoms with van der Waals surface area (Å²) in [6.45, 7) is 0.114. The van der Waals surface area contributed by atoms with Crippen LogP contribution < -0.4 is 0 Å². The molecule has 0 aliphatic carbocycles. The van der Waals surface area contributed by atoms with Gasteiger partial charge >= 0.3 is 5.97 Å². The molecule has 1 fully saturated rings. The van der Waals surface area contributed by atoms with Crippen LogP contribution in [0.15, 0.2) is 30.3 Å². The molecule has 1 aliphatic heterocycles. The number of rotatable bonds is 5. The number of carbonyl (C=O) groups is 2. The van der Waals surface area contributed by atoms with Crippen molar-refractivity contribution in [3.8, 4) is 0 Å². The van der Waals surface area contributed by atoms with Crippen LogP contribution >= 0.6 is 0 Å². The molecule has 0 bridgehead atoms. The first-order chi connectivity index (χ1) is 10.8. The van der Waals surface area contributed by atoms with Gasteiger partial charge in [-0.3, -0.25) is 4.79 Å². The van der Waals surface area contributed by atoms with Crippen molar-refractivity contribution in [3.63, 3.8) is 0 Å². The average Bonchev–Trinajstić information content (AvgIpc) is 2.52. The second-order valence-electron chi connectivity index (χ2n) is 5.49. The standard InChI is InChI=1S/C15H19NO6S/c1-23(20,21)13(9-11-5-3-2-4-6-11)14(17)16-7-8-22-12(10-16)15(18)19/h2-6,12-13H,7-10H2,1H3,(H,18,19)/t12-,13+/m0/s1. The zero-order chi connectivity index (χ0) is 17.0. The summed E-state index contributed by atoms with van der Waals surface area (Å²) in [5.74, 6) is -1.74. The van der Waals surface area contributed by atoms with E-state index in [9.17, 15) is 18.0 Å². The van der Waals surface area contributed by atoms with Crippen LogP contribution in [0.25, 0.3) is 0 Å². The number of aliphatic carboxylic acids is 1. The van der Waals surface area contributed by atoms with E-state index in [1.54, 1.807) is 30.3 Å². The lowest BCUT2D eigenvalue weighted by molar-refractivity contribution is -0.159.